The molecule has 3 N–H and O–H groups in total. The molecule has 0 aromatic heterocycles. The quantitative estimate of drug-likeness (QED) is 0.439. The fourth-order valence-electron chi connectivity index (χ4n) is 1.26. The summed E-state index contributed by atoms with van der Waals surface area (Å²) in [6.45, 7) is 1.81. The van der Waals surface area contributed by atoms with Gasteiger partial charge in [-0.2, -0.15) is 0 Å². The summed E-state index contributed by atoms with van der Waals surface area (Å²) in [6, 6.07) is -0.236. The number of rotatable bonds is 8. The third kappa shape index (κ3) is 8.01. The Labute approximate surface area is 101 Å². The van der Waals surface area contributed by atoms with E-state index in [-0.39, 0.29) is 24.9 Å². The molecule has 0 bridgehead atoms. The second-order valence-corrected chi connectivity index (χ2v) is 3.73. The zero-order valence-corrected chi connectivity index (χ0v) is 10.2. The molecule has 0 aromatic rings. The lowest BCUT2D eigenvalue weighted by Gasteiger charge is -2.16. The Morgan fingerprint density at radius 3 is 2.59 bits per heavy atom. The Balaban J connectivity index is 4.19. The first-order chi connectivity index (χ1) is 7.99. The van der Waals surface area contributed by atoms with Crippen LogP contribution in [0.25, 0.3) is 0 Å². The first kappa shape index (κ1) is 15.2. The molecular weight excluding hydrogens is 222 g/mol. The van der Waals surface area contributed by atoms with Crippen molar-refractivity contribution < 1.29 is 14.4 Å². The maximum Gasteiger partial charge on any atom is 0.240 e. The minimum Gasteiger partial charge on any atom is -0.370 e. The Hall–Kier alpha value is -1.85. The van der Waals surface area contributed by atoms with Gasteiger partial charge in [-0.1, -0.05) is 12.2 Å². The second kappa shape index (κ2) is 8.32. The summed E-state index contributed by atoms with van der Waals surface area (Å²) < 4.78 is 0. The maximum atomic E-state index is 11.5. The number of amides is 3. The number of carbonyl (C=O) groups excluding carboxylic acids is 3. The first-order valence-corrected chi connectivity index (χ1v) is 5.35. The van der Waals surface area contributed by atoms with Crippen molar-refractivity contribution in [2.45, 2.75) is 25.8 Å². The predicted octanol–water partition coefficient (Wildman–Crippen LogP) is -0.599. The normalized spacial score (nSPS) is 12.1. The van der Waals surface area contributed by atoms with Crippen molar-refractivity contribution in [1.82, 2.24) is 10.2 Å². The van der Waals surface area contributed by atoms with Gasteiger partial charge in [0.1, 0.15) is 0 Å². The van der Waals surface area contributed by atoms with Crippen LogP contribution < -0.4 is 11.1 Å². The number of nitrogens with zero attached hydrogens (tertiary/aromatic N) is 1. The second-order valence-electron chi connectivity index (χ2n) is 3.73. The highest BCUT2D eigenvalue weighted by Crippen LogP contribution is 1.99. The van der Waals surface area contributed by atoms with E-state index in [0.29, 0.717) is 12.8 Å². The van der Waals surface area contributed by atoms with E-state index >= 15 is 0 Å². The number of nitrogens with one attached hydrogen (secondary N) is 1. The van der Waals surface area contributed by atoms with Crippen LogP contribution in [0.2, 0.25) is 0 Å². The van der Waals surface area contributed by atoms with E-state index in [1.165, 1.54) is 11.9 Å². The van der Waals surface area contributed by atoms with Gasteiger partial charge in [0.25, 0.3) is 0 Å². The number of allylic oxidation sites excluding steroid dienone is 1. The average molecular weight is 241 g/mol. The van der Waals surface area contributed by atoms with E-state index in [4.69, 9.17) is 5.73 Å². The molecule has 0 heterocycles. The SMILES string of the molecule is C/C=C/[C@H](CCC(N)=O)NC(=O)CN(C)C=O. The van der Waals surface area contributed by atoms with E-state index in [9.17, 15) is 14.4 Å². The average Bonchev–Trinajstić information content (AvgIpc) is 2.25. The van der Waals surface area contributed by atoms with Crippen LogP contribution in [0.1, 0.15) is 19.8 Å². The molecule has 96 valence electrons. The first-order valence-electron chi connectivity index (χ1n) is 5.35. The minimum absolute atomic E-state index is 0.00583. The molecule has 0 fully saturated rings. The third-order valence-electron chi connectivity index (χ3n) is 2.05. The highest BCUT2D eigenvalue weighted by molar-refractivity contribution is 5.80. The van der Waals surface area contributed by atoms with Gasteiger partial charge < -0.3 is 16.0 Å². The Kier molecular flexibility index (Phi) is 7.41. The largest absolute Gasteiger partial charge is 0.370 e. The van der Waals surface area contributed by atoms with E-state index in [1.54, 1.807) is 12.2 Å². The van der Waals surface area contributed by atoms with E-state index in [0.717, 1.165) is 0 Å². The smallest absolute Gasteiger partial charge is 0.240 e. The van der Waals surface area contributed by atoms with Gasteiger partial charge in [0, 0.05) is 19.5 Å². The number of hydrogen-bond donors (Lipinski definition) is 2. The van der Waals surface area contributed by atoms with Crippen LogP contribution >= 0.6 is 0 Å². The molecule has 0 aliphatic carbocycles. The van der Waals surface area contributed by atoms with Crippen molar-refractivity contribution in [3.05, 3.63) is 12.2 Å². The molecule has 0 aliphatic rings. The van der Waals surface area contributed by atoms with Crippen molar-refractivity contribution >= 4 is 18.2 Å². The van der Waals surface area contributed by atoms with Gasteiger partial charge in [0.05, 0.1) is 6.54 Å². The molecule has 0 spiro atoms. The molecule has 0 radical (unpaired) electrons. The topological polar surface area (TPSA) is 92.5 Å². The summed E-state index contributed by atoms with van der Waals surface area (Å²) in [5.41, 5.74) is 5.04. The minimum atomic E-state index is -0.404. The van der Waals surface area contributed by atoms with Crippen LogP contribution in [-0.4, -0.2) is 42.8 Å². The summed E-state index contributed by atoms with van der Waals surface area (Å²) in [5.74, 6) is -0.675. The monoisotopic (exact) mass is 241 g/mol. The van der Waals surface area contributed by atoms with Gasteiger partial charge >= 0.3 is 0 Å². The van der Waals surface area contributed by atoms with Gasteiger partial charge in [-0.15, -0.1) is 0 Å². The lowest BCUT2D eigenvalue weighted by Crippen LogP contribution is -2.40. The molecule has 0 aromatic carbocycles. The van der Waals surface area contributed by atoms with Crippen molar-refractivity contribution in [1.29, 1.82) is 0 Å². The molecule has 0 saturated heterocycles. The van der Waals surface area contributed by atoms with Crippen LogP contribution in [0.4, 0.5) is 0 Å². The summed E-state index contributed by atoms with van der Waals surface area (Å²) in [7, 11) is 1.51. The van der Waals surface area contributed by atoms with Crippen molar-refractivity contribution in [2.24, 2.45) is 5.73 Å². The van der Waals surface area contributed by atoms with Crippen molar-refractivity contribution in [3.63, 3.8) is 0 Å². The Morgan fingerprint density at radius 1 is 1.47 bits per heavy atom. The van der Waals surface area contributed by atoms with Gasteiger partial charge in [0.15, 0.2) is 0 Å². The number of likely N-dealkylation sites (N-methyl/N-ethyl adjacent to an activating group) is 1. The molecule has 0 saturated carbocycles. The highest BCUT2D eigenvalue weighted by Gasteiger charge is 2.11. The summed E-state index contributed by atoms with van der Waals surface area (Å²) in [6.07, 6.45) is 4.81. The lowest BCUT2D eigenvalue weighted by atomic mass is 10.1. The van der Waals surface area contributed by atoms with E-state index in [1.807, 2.05) is 6.92 Å². The molecule has 6 heteroatoms. The van der Waals surface area contributed by atoms with Gasteiger partial charge in [0.2, 0.25) is 18.2 Å². The maximum absolute atomic E-state index is 11.5. The van der Waals surface area contributed by atoms with Crippen LogP contribution in [-0.2, 0) is 14.4 Å². The summed E-state index contributed by atoms with van der Waals surface area (Å²) in [5, 5.41) is 2.70. The van der Waals surface area contributed by atoms with E-state index in [2.05, 4.69) is 5.32 Å². The predicted molar refractivity (Wildman–Crippen MR) is 63.9 cm³/mol. The molecule has 3 amide bonds. The zero-order chi connectivity index (χ0) is 13.3. The number of nitrogens with two attached hydrogens (primary N) is 1. The summed E-state index contributed by atoms with van der Waals surface area (Å²) in [4.78, 5) is 33.7. The molecular formula is C11H19N3O3. The van der Waals surface area contributed by atoms with Crippen LogP contribution in [0, 0.1) is 0 Å². The lowest BCUT2D eigenvalue weighted by molar-refractivity contribution is -0.127. The van der Waals surface area contributed by atoms with Crippen LogP contribution in [0.15, 0.2) is 12.2 Å². The van der Waals surface area contributed by atoms with Crippen LogP contribution in [0.3, 0.4) is 0 Å². The van der Waals surface area contributed by atoms with E-state index < -0.39 is 5.91 Å². The number of hydrogen-bond acceptors (Lipinski definition) is 3. The van der Waals surface area contributed by atoms with Crippen LogP contribution in [0.5, 0.6) is 0 Å². The number of primary amides is 1. The van der Waals surface area contributed by atoms with Crippen molar-refractivity contribution in [3.8, 4) is 0 Å². The van der Waals surface area contributed by atoms with Gasteiger partial charge in [-0.05, 0) is 13.3 Å². The molecule has 1 atom stereocenters. The molecule has 0 rings (SSSR count). The van der Waals surface area contributed by atoms with Gasteiger partial charge in [-0.3, -0.25) is 14.4 Å². The van der Waals surface area contributed by atoms with Crippen molar-refractivity contribution in [2.75, 3.05) is 13.6 Å². The van der Waals surface area contributed by atoms with Gasteiger partial charge in [-0.25, -0.2) is 0 Å². The molecule has 0 aliphatic heterocycles. The zero-order valence-electron chi connectivity index (χ0n) is 10.2. The standard InChI is InChI=1S/C11H19N3O3/c1-3-4-9(5-6-10(12)16)13-11(17)7-14(2)8-15/h3-4,8-9H,5-7H2,1-2H3,(H2,12,16)(H,13,17)/b4-3+/t9-/m1/s1. The Bertz CT molecular complexity index is 302. The fraction of sp³-hybridized carbons (Fsp3) is 0.545. The highest BCUT2D eigenvalue weighted by atomic mass is 16.2. The Morgan fingerprint density at radius 2 is 2.12 bits per heavy atom. The summed E-state index contributed by atoms with van der Waals surface area (Å²) >= 11 is 0. The third-order valence-corrected chi connectivity index (χ3v) is 2.05. The number of carbonyl (C=O) groups is 3. The molecule has 6 nitrogen and oxygen atoms in total. The molecule has 0 unspecified atom stereocenters. The fourth-order valence-corrected chi connectivity index (χ4v) is 1.26. The molecule has 17 heavy (non-hydrogen) atoms.